The first-order chi connectivity index (χ1) is 10.6. The van der Waals surface area contributed by atoms with E-state index in [4.69, 9.17) is 11.6 Å². The van der Waals surface area contributed by atoms with Gasteiger partial charge in [0.15, 0.2) is 5.15 Å². The third kappa shape index (κ3) is 3.15. The minimum atomic E-state index is -0.453. The fraction of sp³-hybridized carbons (Fsp3) is 0.375. The van der Waals surface area contributed by atoms with E-state index in [1.54, 1.807) is 6.08 Å². The first-order valence-electron chi connectivity index (χ1n) is 7.44. The zero-order chi connectivity index (χ0) is 15.5. The molecule has 1 aliphatic carbocycles. The molecular formula is C16H18ClN3O2. The number of carbonyl (C=O) groups excluding carboxylic acids is 1. The van der Waals surface area contributed by atoms with Crippen molar-refractivity contribution in [1.29, 1.82) is 0 Å². The van der Waals surface area contributed by atoms with Gasteiger partial charge in [-0.2, -0.15) is 0 Å². The highest BCUT2D eigenvalue weighted by Gasteiger charge is 2.23. The quantitative estimate of drug-likeness (QED) is 0.854. The lowest BCUT2D eigenvalue weighted by Gasteiger charge is -2.27. The first-order valence-corrected chi connectivity index (χ1v) is 7.82. The summed E-state index contributed by atoms with van der Waals surface area (Å²) in [7, 11) is 0. The Morgan fingerprint density at radius 3 is 3.05 bits per heavy atom. The Hall–Kier alpha value is -1.85. The summed E-state index contributed by atoms with van der Waals surface area (Å²) in [5.41, 5.74) is 1.40. The molecule has 1 amide bonds. The van der Waals surface area contributed by atoms with E-state index in [9.17, 15) is 9.90 Å². The van der Waals surface area contributed by atoms with Crippen molar-refractivity contribution in [3.63, 3.8) is 0 Å². The first kappa shape index (κ1) is 15.1. The molecule has 0 radical (unpaired) electrons. The van der Waals surface area contributed by atoms with Crippen molar-refractivity contribution in [3.8, 4) is 0 Å². The van der Waals surface area contributed by atoms with Crippen LogP contribution in [0.2, 0.25) is 5.15 Å². The molecule has 22 heavy (non-hydrogen) atoms. The highest BCUT2D eigenvalue weighted by atomic mass is 35.5. The molecule has 0 aliphatic heterocycles. The normalized spacial score (nSPS) is 22.3. The molecule has 2 atom stereocenters. The summed E-state index contributed by atoms with van der Waals surface area (Å²) in [5.74, 6) is -0.229. The standard InChI is InChI=1S/C16H18ClN3O2/c17-16-12(20-10-4-3-7-14(20)19-16)8-9-15(22)18-11-5-1-2-6-13(11)21/h3-4,7-11,13,21H,1-2,5-6H2,(H,18,22)/b9-8+. The molecule has 2 unspecified atom stereocenters. The number of pyridine rings is 1. The number of amides is 1. The predicted octanol–water partition coefficient (Wildman–Crippen LogP) is 2.42. The van der Waals surface area contributed by atoms with E-state index in [2.05, 4.69) is 10.3 Å². The average Bonchev–Trinajstić information content (AvgIpc) is 2.83. The van der Waals surface area contributed by atoms with Crippen LogP contribution in [0, 0.1) is 0 Å². The van der Waals surface area contributed by atoms with Gasteiger partial charge in [0.1, 0.15) is 5.65 Å². The molecule has 2 aromatic heterocycles. The van der Waals surface area contributed by atoms with Gasteiger partial charge in [-0.1, -0.05) is 30.5 Å². The van der Waals surface area contributed by atoms with Crippen molar-refractivity contribution in [3.05, 3.63) is 41.3 Å². The smallest absolute Gasteiger partial charge is 0.244 e. The minimum Gasteiger partial charge on any atom is -0.391 e. The fourth-order valence-corrected chi connectivity index (χ4v) is 3.04. The number of aromatic nitrogens is 2. The summed E-state index contributed by atoms with van der Waals surface area (Å²) in [6, 6.07) is 5.44. The third-order valence-electron chi connectivity index (χ3n) is 3.97. The predicted molar refractivity (Wildman–Crippen MR) is 85.6 cm³/mol. The van der Waals surface area contributed by atoms with Gasteiger partial charge in [-0.05, 0) is 31.1 Å². The molecule has 3 rings (SSSR count). The summed E-state index contributed by atoms with van der Waals surface area (Å²) in [6.45, 7) is 0. The lowest BCUT2D eigenvalue weighted by atomic mass is 9.92. The molecule has 1 saturated carbocycles. The number of hydrogen-bond donors (Lipinski definition) is 2. The summed E-state index contributed by atoms with van der Waals surface area (Å²) in [5, 5.41) is 13.1. The topological polar surface area (TPSA) is 66.6 Å². The van der Waals surface area contributed by atoms with Crippen molar-refractivity contribution >= 4 is 29.2 Å². The Morgan fingerprint density at radius 2 is 2.23 bits per heavy atom. The van der Waals surface area contributed by atoms with E-state index in [0.29, 0.717) is 10.8 Å². The fourth-order valence-electron chi connectivity index (χ4n) is 2.80. The maximum absolute atomic E-state index is 12.0. The second-order valence-electron chi connectivity index (χ2n) is 5.52. The number of carbonyl (C=O) groups is 1. The molecule has 0 spiro atoms. The molecule has 1 fully saturated rings. The van der Waals surface area contributed by atoms with Crippen molar-refractivity contribution in [2.75, 3.05) is 0 Å². The zero-order valence-corrected chi connectivity index (χ0v) is 12.8. The Labute approximate surface area is 133 Å². The van der Waals surface area contributed by atoms with Crippen LogP contribution in [0.3, 0.4) is 0 Å². The molecule has 6 heteroatoms. The van der Waals surface area contributed by atoms with Crippen molar-refractivity contribution in [2.45, 2.75) is 37.8 Å². The number of aliphatic hydroxyl groups is 1. The Kier molecular flexibility index (Phi) is 4.45. The summed E-state index contributed by atoms with van der Waals surface area (Å²) in [4.78, 5) is 16.2. The Morgan fingerprint density at radius 1 is 1.41 bits per heavy atom. The van der Waals surface area contributed by atoms with Crippen molar-refractivity contribution < 1.29 is 9.90 Å². The minimum absolute atomic E-state index is 0.163. The molecule has 2 heterocycles. The zero-order valence-electron chi connectivity index (χ0n) is 12.1. The molecule has 116 valence electrons. The van der Waals surface area contributed by atoms with E-state index in [1.807, 2.05) is 28.8 Å². The van der Waals surface area contributed by atoms with Crippen molar-refractivity contribution in [2.24, 2.45) is 0 Å². The SMILES string of the molecule is O=C(/C=C/c1c(Cl)nc2ccccn12)NC1CCCCC1O. The van der Waals surface area contributed by atoms with E-state index < -0.39 is 6.10 Å². The molecule has 0 aromatic carbocycles. The van der Waals surface area contributed by atoms with Gasteiger partial charge in [-0.25, -0.2) is 4.98 Å². The number of halogens is 1. The van der Waals surface area contributed by atoms with Gasteiger partial charge >= 0.3 is 0 Å². The number of imidazole rings is 1. The average molecular weight is 320 g/mol. The second-order valence-corrected chi connectivity index (χ2v) is 5.87. The third-order valence-corrected chi connectivity index (χ3v) is 4.25. The van der Waals surface area contributed by atoms with Gasteiger partial charge < -0.3 is 10.4 Å². The number of aliphatic hydroxyl groups excluding tert-OH is 1. The summed E-state index contributed by atoms with van der Waals surface area (Å²) >= 11 is 6.11. The van der Waals surface area contributed by atoms with Crippen molar-refractivity contribution in [1.82, 2.24) is 14.7 Å². The highest BCUT2D eigenvalue weighted by Crippen LogP contribution is 2.20. The molecule has 1 aliphatic rings. The molecule has 2 N–H and O–H groups in total. The molecule has 5 nitrogen and oxygen atoms in total. The van der Waals surface area contributed by atoms with Crippen LogP contribution in [-0.4, -0.2) is 32.5 Å². The van der Waals surface area contributed by atoms with E-state index >= 15 is 0 Å². The van der Waals surface area contributed by atoms with Gasteiger partial charge in [-0.15, -0.1) is 0 Å². The van der Waals surface area contributed by atoms with Crippen LogP contribution in [0.15, 0.2) is 30.5 Å². The highest BCUT2D eigenvalue weighted by molar-refractivity contribution is 6.31. The van der Waals surface area contributed by atoms with Crippen LogP contribution >= 0.6 is 11.6 Å². The van der Waals surface area contributed by atoms with Crippen LogP contribution in [0.4, 0.5) is 0 Å². The second kappa shape index (κ2) is 6.50. The maximum atomic E-state index is 12.0. The molecule has 2 aromatic rings. The lowest BCUT2D eigenvalue weighted by Crippen LogP contribution is -2.44. The van der Waals surface area contributed by atoms with Crippen LogP contribution < -0.4 is 5.32 Å². The number of hydrogen-bond acceptors (Lipinski definition) is 3. The Balaban J connectivity index is 1.72. The van der Waals surface area contributed by atoms with Crippen LogP contribution in [0.5, 0.6) is 0 Å². The monoisotopic (exact) mass is 319 g/mol. The number of fused-ring (bicyclic) bond motifs is 1. The number of rotatable bonds is 3. The largest absolute Gasteiger partial charge is 0.391 e. The van der Waals surface area contributed by atoms with Crippen LogP contribution in [0.25, 0.3) is 11.7 Å². The summed E-state index contributed by atoms with van der Waals surface area (Å²) in [6.07, 6.45) is 8.08. The number of nitrogens with zero attached hydrogens (tertiary/aromatic N) is 2. The van der Waals surface area contributed by atoms with E-state index in [0.717, 1.165) is 31.3 Å². The van der Waals surface area contributed by atoms with Gasteiger partial charge in [0.25, 0.3) is 0 Å². The number of nitrogens with one attached hydrogen (secondary N) is 1. The van der Waals surface area contributed by atoms with E-state index in [-0.39, 0.29) is 11.9 Å². The Bertz CT molecular complexity index is 710. The molecule has 0 bridgehead atoms. The van der Waals surface area contributed by atoms with Gasteiger partial charge in [-0.3, -0.25) is 9.20 Å². The molecule has 0 saturated heterocycles. The van der Waals surface area contributed by atoms with Crippen LogP contribution in [-0.2, 0) is 4.79 Å². The summed E-state index contributed by atoms with van der Waals surface area (Å²) < 4.78 is 1.82. The molecular weight excluding hydrogens is 302 g/mol. The van der Waals surface area contributed by atoms with Gasteiger partial charge in [0, 0.05) is 12.3 Å². The lowest BCUT2D eigenvalue weighted by molar-refractivity contribution is -0.118. The van der Waals surface area contributed by atoms with Gasteiger partial charge in [0.2, 0.25) is 5.91 Å². The van der Waals surface area contributed by atoms with E-state index in [1.165, 1.54) is 6.08 Å². The van der Waals surface area contributed by atoms with Gasteiger partial charge in [0.05, 0.1) is 17.8 Å². The van der Waals surface area contributed by atoms with Crippen LogP contribution in [0.1, 0.15) is 31.4 Å². The maximum Gasteiger partial charge on any atom is 0.244 e.